The second-order valence-electron chi connectivity index (χ2n) is 6.43. The van der Waals surface area contributed by atoms with Crippen molar-refractivity contribution in [3.05, 3.63) is 59.2 Å². The largest absolute Gasteiger partial charge is 0.427 e. The molecule has 0 saturated heterocycles. The Bertz CT molecular complexity index is 875. The maximum absolute atomic E-state index is 13.2. The lowest BCUT2D eigenvalue weighted by molar-refractivity contribution is -0.137. The van der Waals surface area contributed by atoms with Gasteiger partial charge in [-0.2, -0.15) is 13.2 Å². The monoisotopic (exact) mass is 363 g/mol. The van der Waals surface area contributed by atoms with Crippen LogP contribution in [0, 0.1) is 0 Å². The normalized spacial score (nSPS) is 19.0. The zero-order valence-electron chi connectivity index (χ0n) is 14.1. The summed E-state index contributed by atoms with van der Waals surface area (Å²) in [5.41, 5.74) is -1.09. The summed E-state index contributed by atoms with van der Waals surface area (Å²) in [5, 5.41) is 2.39. The smallest absolute Gasteiger partial charge is 0.418 e. The Kier molecular flexibility index (Phi) is 4.26. The van der Waals surface area contributed by atoms with E-state index in [4.69, 9.17) is 4.74 Å². The molecule has 0 spiro atoms. The van der Waals surface area contributed by atoms with Gasteiger partial charge in [0.1, 0.15) is 5.75 Å². The molecule has 3 rings (SSSR count). The molecule has 0 aliphatic carbocycles. The average molecular weight is 363 g/mol. The number of carbonyl (C=O) groups is 2. The van der Waals surface area contributed by atoms with Crippen LogP contribution in [-0.4, -0.2) is 11.9 Å². The lowest BCUT2D eigenvalue weighted by atomic mass is 9.78. The van der Waals surface area contributed by atoms with Gasteiger partial charge in [0.05, 0.1) is 16.7 Å². The first kappa shape index (κ1) is 18.0. The number of hydrogen-bond acceptors (Lipinski definition) is 3. The highest BCUT2D eigenvalue weighted by Gasteiger charge is 2.47. The summed E-state index contributed by atoms with van der Waals surface area (Å²) in [4.78, 5) is 23.5. The van der Waals surface area contributed by atoms with Crippen LogP contribution in [0.3, 0.4) is 0 Å². The van der Waals surface area contributed by atoms with Gasteiger partial charge in [-0.1, -0.05) is 24.3 Å². The van der Waals surface area contributed by atoms with Crippen LogP contribution in [0.4, 0.5) is 18.9 Å². The number of para-hydroxylation sites is 1. The molecule has 1 amide bonds. The Balaban J connectivity index is 1.94. The molecule has 1 heterocycles. The summed E-state index contributed by atoms with van der Waals surface area (Å²) >= 11 is 0. The van der Waals surface area contributed by atoms with E-state index in [1.165, 1.54) is 19.1 Å². The van der Waals surface area contributed by atoms with Crippen molar-refractivity contribution in [1.29, 1.82) is 0 Å². The van der Waals surface area contributed by atoms with Gasteiger partial charge in [0.15, 0.2) is 0 Å². The van der Waals surface area contributed by atoms with Crippen LogP contribution in [0.25, 0.3) is 0 Å². The van der Waals surface area contributed by atoms with E-state index in [0.29, 0.717) is 11.3 Å². The minimum absolute atomic E-state index is 0.177. The molecule has 2 aromatic carbocycles. The summed E-state index contributed by atoms with van der Waals surface area (Å²) in [6, 6.07) is 10.3. The molecular weight excluding hydrogens is 347 g/mol. The molecule has 1 aliphatic rings. The van der Waals surface area contributed by atoms with Gasteiger partial charge in [0, 0.05) is 6.92 Å². The molecule has 1 unspecified atom stereocenters. The topological polar surface area (TPSA) is 55.4 Å². The summed E-state index contributed by atoms with van der Waals surface area (Å²) in [6.07, 6.45) is -4.33. The van der Waals surface area contributed by atoms with Crippen LogP contribution in [0.5, 0.6) is 5.75 Å². The number of amides is 1. The molecule has 0 bridgehead atoms. The number of nitrogens with one attached hydrogen (secondary N) is 1. The van der Waals surface area contributed by atoms with Crippen LogP contribution in [0.2, 0.25) is 0 Å². The van der Waals surface area contributed by atoms with E-state index in [1.807, 2.05) is 0 Å². The number of ether oxygens (including phenoxy) is 1. The molecule has 1 atom stereocenters. The number of rotatable bonds is 3. The zero-order valence-corrected chi connectivity index (χ0v) is 14.1. The van der Waals surface area contributed by atoms with Gasteiger partial charge in [0.25, 0.3) is 0 Å². The second-order valence-corrected chi connectivity index (χ2v) is 6.43. The van der Waals surface area contributed by atoms with Gasteiger partial charge in [-0.3, -0.25) is 9.59 Å². The number of benzene rings is 2. The highest BCUT2D eigenvalue weighted by atomic mass is 19.4. The van der Waals surface area contributed by atoms with Gasteiger partial charge in [-0.25, -0.2) is 0 Å². The number of fused-ring (bicyclic) bond motifs is 1. The fraction of sp³-hybridized carbons (Fsp3) is 0.263. The Morgan fingerprint density at radius 1 is 1.15 bits per heavy atom. The number of halogens is 3. The van der Waals surface area contributed by atoms with Crippen molar-refractivity contribution in [3.8, 4) is 5.75 Å². The van der Waals surface area contributed by atoms with E-state index in [-0.39, 0.29) is 12.1 Å². The van der Waals surface area contributed by atoms with E-state index >= 15 is 0 Å². The molecule has 0 radical (unpaired) electrons. The van der Waals surface area contributed by atoms with Crippen molar-refractivity contribution in [2.24, 2.45) is 0 Å². The highest BCUT2D eigenvalue weighted by molar-refractivity contribution is 6.07. The molecule has 0 saturated carbocycles. The molecular formula is C19H16F3NO3. The third kappa shape index (κ3) is 3.16. The van der Waals surface area contributed by atoms with Gasteiger partial charge in [-0.05, 0) is 42.7 Å². The van der Waals surface area contributed by atoms with Crippen molar-refractivity contribution in [1.82, 2.24) is 0 Å². The van der Waals surface area contributed by atoms with Crippen LogP contribution in [-0.2, 0) is 27.6 Å². The van der Waals surface area contributed by atoms with E-state index in [9.17, 15) is 22.8 Å². The highest BCUT2D eigenvalue weighted by Crippen LogP contribution is 2.46. The first-order valence-corrected chi connectivity index (χ1v) is 7.91. The SMILES string of the molecule is CC(=O)Oc1ccc(CC2(C)C(=O)Nc3c(C(F)(F)F)cccc32)cc1. The maximum Gasteiger partial charge on any atom is 0.418 e. The van der Waals surface area contributed by atoms with Gasteiger partial charge in [-0.15, -0.1) is 0 Å². The van der Waals surface area contributed by atoms with E-state index in [0.717, 1.165) is 11.6 Å². The van der Waals surface area contributed by atoms with E-state index in [2.05, 4.69) is 5.32 Å². The Labute approximate surface area is 148 Å². The molecule has 0 fully saturated rings. The summed E-state index contributed by atoms with van der Waals surface area (Å²) in [7, 11) is 0. The first-order chi connectivity index (χ1) is 12.1. The van der Waals surface area contributed by atoms with Gasteiger partial charge >= 0.3 is 12.1 Å². The quantitative estimate of drug-likeness (QED) is 0.660. The van der Waals surface area contributed by atoms with E-state index in [1.54, 1.807) is 31.2 Å². The van der Waals surface area contributed by atoms with Crippen molar-refractivity contribution >= 4 is 17.6 Å². The van der Waals surface area contributed by atoms with Crippen LogP contribution in [0.1, 0.15) is 30.5 Å². The standard InChI is InChI=1S/C19H16F3NO3/c1-11(24)26-13-8-6-12(7-9-13)10-18(2)14-4-3-5-15(19(20,21)22)16(14)23-17(18)25/h3-9H,10H2,1-2H3,(H,23,25). The number of esters is 1. The predicted molar refractivity (Wildman–Crippen MR) is 88.9 cm³/mol. The fourth-order valence-electron chi connectivity index (χ4n) is 3.18. The third-order valence-electron chi connectivity index (χ3n) is 4.45. The van der Waals surface area contributed by atoms with Crippen LogP contribution in [0.15, 0.2) is 42.5 Å². The maximum atomic E-state index is 13.2. The number of alkyl halides is 3. The molecule has 4 nitrogen and oxygen atoms in total. The van der Waals surface area contributed by atoms with Crippen LogP contribution < -0.4 is 10.1 Å². The van der Waals surface area contributed by atoms with Crippen molar-refractivity contribution in [3.63, 3.8) is 0 Å². The molecule has 136 valence electrons. The van der Waals surface area contributed by atoms with E-state index < -0.39 is 29.0 Å². The Hall–Kier alpha value is -2.83. The van der Waals surface area contributed by atoms with Crippen molar-refractivity contribution < 1.29 is 27.5 Å². The molecule has 1 N–H and O–H groups in total. The summed E-state index contributed by atoms with van der Waals surface area (Å²) in [5.74, 6) is -0.566. The first-order valence-electron chi connectivity index (χ1n) is 7.91. The molecule has 7 heteroatoms. The minimum Gasteiger partial charge on any atom is -0.427 e. The van der Waals surface area contributed by atoms with Crippen molar-refractivity contribution in [2.75, 3.05) is 5.32 Å². The summed E-state index contributed by atoms with van der Waals surface area (Å²) < 4.78 is 44.6. The lowest BCUT2D eigenvalue weighted by Gasteiger charge is -2.23. The predicted octanol–water partition coefficient (Wildman–Crippen LogP) is 4.08. The van der Waals surface area contributed by atoms with Gasteiger partial charge in [0.2, 0.25) is 5.91 Å². The van der Waals surface area contributed by atoms with Crippen molar-refractivity contribution in [2.45, 2.75) is 31.9 Å². The number of hydrogen-bond donors (Lipinski definition) is 1. The average Bonchev–Trinajstić information content (AvgIpc) is 2.79. The van der Waals surface area contributed by atoms with Gasteiger partial charge < -0.3 is 10.1 Å². The molecule has 1 aliphatic heterocycles. The fourth-order valence-corrected chi connectivity index (χ4v) is 3.18. The zero-order chi connectivity index (χ0) is 19.1. The Morgan fingerprint density at radius 3 is 2.38 bits per heavy atom. The molecule has 0 aromatic heterocycles. The number of carbonyl (C=O) groups excluding carboxylic acids is 2. The lowest BCUT2D eigenvalue weighted by Crippen LogP contribution is -2.33. The van der Waals surface area contributed by atoms with Crippen LogP contribution >= 0.6 is 0 Å². The molecule has 2 aromatic rings. The second kappa shape index (κ2) is 6.16. The number of anilines is 1. The molecule has 26 heavy (non-hydrogen) atoms. The Morgan fingerprint density at radius 2 is 1.81 bits per heavy atom. The summed E-state index contributed by atoms with van der Waals surface area (Å²) in [6.45, 7) is 2.90. The minimum atomic E-state index is -4.55. The third-order valence-corrected chi connectivity index (χ3v) is 4.45.